The summed E-state index contributed by atoms with van der Waals surface area (Å²) < 4.78 is 19.9. The van der Waals surface area contributed by atoms with E-state index in [2.05, 4.69) is 21.2 Å². The van der Waals surface area contributed by atoms with Crippen molar-refractivity contribution in [2.75, 3.05) is 7.05 Å². The van der Waals surface area contributed by atoms with Crippen molar-refractivity contribution in [1.82, 2.24) is 10.2 Å². The minimum Gasteiger partial charge on any atom is -0.486 e. The molecule has 134 valence electrons. The molecule has 0 bridgehead atoms. The van der Waals surface area contributed by atoms with Crippen LogP contribution in [0.2, 0.25) is 5.02 Å². The lowest BCUT2D eigenvalue weighted by Gasteiger charge is -2.12. The monoisotopic (exact) mass is 438 g/mol. The van der Waals surface area contributed by atoms with E-state index in [1.54, 1.807) is 30.3 Å². The van der Waals surface area contributed by atoms with Crippen LogP contribution in [0.4, 0.5) is 9.18 Å². The SMILES string of the molecule is CN1C(=O)N/C(=C/c2cc(Cl)c(OCc3ccccc3F)c(Br)c2)C1=O. The van der Waals surface area contributed by atoms with Crippen LogP contribution in [-0.4, -0.2) is 23.9 Å². The molecule has 1 aliphatic rings. The molecule has 3 rings (SSSR count). The third-order valence-electron chi connectivity index (χ3n) is 3.74. The first-order valence-electron chi connectivity index (χ1n) is 7.53. The predicted molar refractivity (Wildman–Crippen MR) is 99.2 cm³/mol. The Morgan fingerprint density at radius 3 is 2.65 bits per heavy atom. The second-order valence-corrected chi connectivity index (χ2v) is 6.81. The first kappa shape index (κ1) is 18.4. The van der Waals surface area contributed by atoms with Crippen molar-refractivity contribution < 1.29 is 18.7 Å². The van der Waals surface area contributed by atoms with Gasteiger partial charge in [0.25, 0.3) is 5.91 Å². The molecule has 0 atom stereocenters. The molecule has 2 aromatic rings. The smallest absolute Gasteiger partial charge is 0.328 e. The van der Waals surface area contributed by atoms with E-state index in [-0.39, 0.29) is 23.1 Å². The van der Waals surface area contributed by atoms with Crippen LogP contribution in [0.15, 0.2) is 46.6 Å². The summed E-state index contributed by atoms with van der Waals surface area (Å²) in [5.41, 5.74) is 1.16. The molecule has 0 radical (unpaired) electrons. The number of nitrogens with one attached hydrogen (secondary N) is 1. The van der Waals surface area contributed by atoms with Crippen molar-refractivity contribution in [1.29, 1.82) is 0 Å². The van der Waals surface area contributed by atoms with Gasteiger partial charge in [0, 0.05) is 12.6 Å². The molecule has 0 spiro atoms. The summed E-state index contributed by atoms with van der Waals surface area (Å²) in [4.78, 5) is 24.4. The number of amides is 3. The Balaban J connectivity index is 1.82. The molecular formula is C18H13BrClFN2O3. The number of imide groups is 1. The van der Waals surface area contributed by atoms with E-state index in [9.17, 15) is 14.0 Å². The molecule has 2 aromatic carbocycles. The number of urea groups is 1. The second kappa shape index (κ2) is 7.47. The molecule has 5 nitrogen and oxygen atoms in total. The molecular weight excluding hydrogens is 427 g/mol. The standard InChI is InChI=1S/C18H13BrClFN2O3/c1-23-17(24)15(22-18(23)25)8-10-6-12(19)16(13(20)7-10)26-9-11-4-2-3-5-14(11)21/h2-8H,9H2,1H3,(H,22,25)/b15-8+. The van der Waals surface area contributed by atoms with Gasteiger partial charge in [0.05, 0.1) is 9.50 Å². The number of ether oxygens (including phenoxy) is 1. The molecule has 1 N–H and O–H groups in total. The Kier molecular flexibility index (Phi) is 5.29. The van der Waals surface area contributed by atoms with Crippen molar-refractivity contribution in [2.45, 2.75) is 6.61 Å². The van der Waals surface area contributed by atoms with Crippen molar-refractivity contribution in [2.24, 2.45) is 0 Å². The van der Waals surface area contributed by atoms with Gasteiger partial charge in [-0.15, -0.1) is 0 Å². The van der Waals surface area contributed by atoms with Crippen molar-refractivity contribution in [3.63, 3.8) is 0 Å². The number of benzene rings is 2. The first-order valence-corrected chi connectivity index (χ1v) is 8.70. The average molecular weight is 440 g/mol. The van der Waals surface area contributed by atoms with E-state index in [0.29, 0.717) is 21.3 Å². The Bertz CT molecular complexity index is 909. The number of hydrogen-bond donors (Lipinski definition) is 1. The summed E-state index contributed by atoms with van der Waals surface area (Å²) in [6.07, 6.45) is 1.51. The number of hydrogen-bond acceptors (Lipinski definition) is 3. The average Bonchev–Trinajstić information content (AvgIpc) is 2.82. The van der Waals surface area contributed by atoms with E-state index < -0.39 is 11.9 Å². The third-order valence-corrected chi connectivity index (χ3v) is 4.61. The van der Waals surface area contributed by atoms with Gasteiger partial charge in [0.1, 0.15) is 18.1 Å². The topological polar surface area (TPSA) is 58.6 Å². The van der Waals surface area contributed by atoms with Crippen molar-refractivity contribution in [3.05, 3.63) is 68.5 Å². The van der Waals surface area contributed by atoms with Gasteiger partial charge < -0.3 is 10.1 Å². The number of carbonyl (C=O) groups excluding carboxylic acids is 2. The molecule has 0 unspecified atom stereocenters. The zero-order chi connectivity index (χ0) is 18.8. The lowest BCUT2D eigenvalue weighted by molar-refractivity contribution is -0.121. The van der Waals surface area contributed by atoms with Crippen LogP contribution in [0.5, 0.6) is 5.75 Å². The fourth-order valence-corrected chi connectivity index (χ4v) is 3.34. The molecule has 1 heterocycles. The van der Waals surface area contributed by atoms with Crippen LogP contribution in [0.3, 0.4) is 0 Å². The summed E-state index contributed by atoms with van der Waals surface area (Å²) in [5, 5.41) is 2.76. The summed E-state index contributed by atoms with van der Waals surface area (Å²) in [6.45, 7) is 0.0186. The highest BCUT2D eigenvalue weighted by Gasteiger charge is 2.30. The highest BCUT2D eigenvalue weighted by Crippen LogP contribution is 2.36. The molecule has 0 saturated carbocycles. The highest BCUT2D eigenvalue weighted by atomic mass is 79.9. The number of likely N-dealkylation sites (N-methyl/N-ethyl adjacent to an activating group) is 1. The van der Waals surface area contributed by atoms with E-state index in [1.165, 1.54) is 19.2 Å². The number of halogens is 3. The normalized spacial score (nSPS) is 15.5. The van der Waals surface area contributed by atoms with Crippen molar-refractivity contribution in [3.8, 4) is 5.75 Å². The maximum Gasteiger partial charge on any atom is 0.328 e. The van der Waals surface area contributed by atoms with Gasteiger partial charge >= 0.3 is 6.03 Å². The number of carbonyl (C=O) groups is 2. The minimum atomic E-state index is -0.490. The quantitative estimate of drug-likeness (QED) is 0.569. The summed E-state index contributed by atoms with van der Waals surface area (Å²) in [5.74, 6) is -0.432. The summed E-state index contributed by atoms with van der Waals surface area (Å²) >= 11 is 9.62. The molecule has 3 amide bonds. The van der Waals surface area contributed by atoms with Crippen LogP contribution in [0.1, 0.15) is 11.1 Å². The van der Waals surface area contributed by atoms with Crippen LogP contribution in [-0.2, 0) is 11.4 Å². The molecule has 0 aromatic heterocycles. The molecule has 1 saturated heterocycles. The first-order chi connectivity index (χ1) is 12.4. The predicted octanol–water partition coefficient (Wildman–Crippen LogP) is 4.34. The zero-order valence-electron chi connectivity index (χ0n) is 13.6. The largest absolute Gasteiger partial charge is 0.486 e. The number of nitrogens with zero attached hydrogens (tertiary/aromatic N) is 1. The van der Waals surface area contributed by atoms with Gasteiger partial charge in [-0.3, -0.25) is 9.69 Å². The lowest BCUT2D eigenvalue weighted by Crippen LogP contribution is -2.25. The van der Waals surface area contributed by atoms with E-state index in [4.69, 9.17) is 16.3 Å². The highest BCUT2D eigenvalue weighted by molar-refractivity contribution is 9.10. The Morgan fingerprint density at radius 2 is 2.04 bits per heavy atom. The Morgan fingerprint density at radius 1 is 1.31 bits per heavy atom. The van der Waals surface area contributed by atoms with Gasteiger partial charge in [-0.05, 0) is 45.8 Å². The molecule has 1 fully saturated rings. The van der Waals surface area contributed by atoms with Gasteiger partial charge in [-0.1, -0.05) is 29.8 Å². The van der Waals surface area contributed by atoms with E-state index in [0.717, 1.165) is 4.90 Å². The number of rotatable bonds is 4. The van der Waals surface area contributed by atoms with Gasteiger partial charge in [0.15, 0.2) is 5.75 Å². The van der Waals surface area contributed by atoms with Crippen molar-refractivity contribution >= 4 is 45.5 Å². The van der Waals surface area contributed by atoms with Crippen LogP contribution >= 0.6 is 27.5 Å². The molecule has 1 aliphatic heterocycles. The summed E-state index contributed by atoms with van der Waals surface area (Å²) in [6, 6.07) is 9.09. The van der Waals surface area contributed by atoms with Gasteiger partial charge in [-0.25, -0.2) is 9.18 Å². The van der Waals surface area contributed by atoms with E-state index in [1.807, 2.05) is 0 Å². The van der Waals surface area contributed by atoms with Crippen LogP contribution in [0.25, 0.3) is 6.08 Å². The third kappa shape index (κ3) is 3.73. The maximum atomic E-state index is 13.7. The summed E-state index contributed by atoms with van der Waals surface area (Å²) in [7, 11) is 1.39. The van der Waals surface area contributed by atoms with Crippen LogP contribution < -0.4 is 10.1 Å². The molecule has 0 aliphatic carbocycles. The Hall–Kier alpha value is -2.38. The maximum absolute atomic E-state index is 13.7. The van der Waals surface area contributed by atoms with Gasteiger partial charge in [-0.2, -0.15) is 0 Å². The molecule has 8 heteroatoms. The van der Waals surface area contributed by atoms with Gasteiger partial charge in [0.2, 0.25) is 0 Å². The van der Waals surface area contributed by atoms with E-state index >= 15 is 0 Å². The Labute approximate surface area is 162 Å². The minimum absolute atomic E-state index is 0.0186. The second-order valence-electron chi connectivity index (χ2n) is 5.55. The fourth-order valence-electron chi connectivity index (χ4n) is 2.36. The fraction of sp³-hybridized carbons (Fsp3) is 0.111. The zero-order valence-corrected chi connectivity index (χ0v) is 15.9. The lowest BCUT2D eigenvalue weighted by atomic mass is 10.1. The molecule has 26 heavy (non-hydrogen) atoms. The van der Waals surface area contributed by atoms with Crippen LogP contribution in [0, 0.1) is 5.82 Å².